The molecule has 3 rings (SSSR count). The maximum atomic E-state index is 10.4. The molecule has 0 aliphatic rings. The van der Waals surface area contributed by atoms with Crippen LogP contribution in [0.2, 0.25) is 0 Å². The molecule has 2 aromatic heterocycles. The van der Waals surface area contributed by atoms with Crippen LogP contribution in [-0.4, -0.2) is 19.9 Å². The number of aryl methyl sites for hydroxylation is 1. The number of nitrogens with zero attached hydrogens (tertiary/aromatic N) is 3. The van der Waals surface area contributed by atoms with Gasteiger partial charge in [0.05, 0.1) is 0 Å². The van der Waals surface area contributed by atoms with Crippen molar-refractivity contribution < 1.29 is 9.52 Å². The predicted molar refractivity (Wildman–Crippen MR) is 80.0 cm³/mol. The summed E-state index contributed by atoms with van der Waals surface area (Å²) in [5, 5.41) is 15.6. The number of fused-ring (bicyclic) bond motifs is 1. The number of benzene rings is 1. The van der Waals surface area contributed by atoms with Crippen LogP contribution >= 0.6 is 0 Å². The van der Waals surface area contributed by atoms with Gasteiger partial charge in [-0.25, -0.2) is 9.67 Å². The highest BCUT2D eigenvalue weighted by molar-refractivity contribution is 5.78. The summed E-state index contributed by atoms with van der Waals surface area (Å²) in [5.74, 6) is 1.32. The lowest BCUT2D eigenvalue weighted by atomic mass is 10.1. The molecule has 110 valence electrons. The Balaban J connectivity index is 1.86. The van der Waals surface area contributed by atoms with Crippen molar-refractivity contribution in [2.75, 3.05) is 0 Å². The molecule has 0 saturated carbocycles. The lowest BCUT2D eigenvalue weighted by Crippen LogP contribution is -2.11. The molecule has 1 unspecified atom stereocenters. The van der Waals surface area contributed by atoms with Crippen LogP contribution in [0.5, 0.6) is 0 Å². The molecule has 21 heavy (non-hydrogen) atoms. The Morgan fingerprint density at radius 2 is 2.10 bits per heavy atom. The molecule has 5 heteroatoms. The number of aliphatic hydroxyl groups is 1. The van der Waals surface area contributed by atoms with Crippen LogP contribution in [0.4, 0.5) is 0 Å². The van der Waals surface area contributed by atoms with Crippen LogP contribution in [0.1, 0.15) is 43.1 Å². The van der Waals surface area contributed by atoms with Crippen molar-refractivity contribution in [3.05, 3.63) is 47.7 Å². The lowest BCUT2D eigenvalue weighted by molar-refractivity contribution is 0.148. The fraction of sp³-hybridized carbons (Fsp3) is 0.375. The molecule has 0 aliphatic carbocycles. The molecule has 0 bridgehead atoms. The minimum absolute atomic E-state index is 0.216. The van der Waals surface area contributed by atoms with Crippen LogP contribution in [0.3, 0.4) is 0 Å². The number of aromatic nitrogens is 3. The second kappa shape index (κ2) is 5.33. The van der Waals surface area contributed by atoms with Crippen LogP contribution in [-0.2, 0) is 6.42 Å². The van der Waals surface area contributed by atoms with Gasteiger partial charge in [-0.1, -0.05) is 11.6 Å². The third-order valence-corrected chi connectivity index (χ3v) is 3.53. The molecule has 1 aromatic carbocycles. The zero-order chi connectivity index (χ0) is 15.0. The summed E-state index contributed by atoms with van der Waals surface area (Å²) in [6.07, 6.45) is 1.18. The van der Waals surface area contributed by atoms with Crippen molar-refractivity contribution in [3.63, 3.8) is 0 Å². The summed E-state index contributed by atoms with van der Waals surface area (Å²) >= 11 is 0. The van der Waals surface area contributed by atoms with Crippen LogP contribution in [0.15, 0.2) is 35.0 Å². The van der Waals surface area contributed by atoms with E-state index in [0.29, 0.717) is 12.2 Å². The molecular weight excluding hydrogens is 266 g/mol. The van der Waals surface area contributed by atoms with E-state index < -0.39 is 6.10 Å². The Bertz CT molecular complexity index is 758. The zero-order valence-corrected chi connectivity index (χ0v) is 12.4. The first-order chi connectivity index (χ1) is 10.0. The minimum atomic E-state index is -0.723. The number of aliphatic hydroxyl groups excluding tert-OH is 1. The number of hydrogen-bond donors (Lipinski definition) is 1. The lowest BCUT2D eigenvalue weighted by Gasteiger charge is -2.11. The van der Waals surface area contributed by atoms with Gasteiger partial charge in [0.2, 0.25) is 0 Å². The van der Waals surface area contributed by atoms with Crippen LogP contribution in [0.25, 0.3) is 11.0 Å². The molecular formula is C16H19N3O2. The highest BCUT2D eigenvalue weighted by Gasteiger charge is 2.18. The Morgan fingerprint density at radius 3 is 2.86 bits per heavy atom. The Labute approximate surface area is 123 Å². The molecule has 1 atom stereocenters. The smallest absolute Gasteiger partial charge is 0.138 e. The van der Waals surface area contributed by atoms with Gasteiger partial charge in [0, 0.05) is 17.8 Å². The second-order valence-electron chi connectivity index (χ2n) is 5.62. The van der Waals surface area contributed by atoms with Crippen molar-refractivity contribution in [2.24, 2.45) is 0 Å². The SMILES string of the molecule is Cc1ccc2oc(C(O)Cc3ncnn3C(C)C)cc2c1. The fourth-order valence-electron chi connectivity index (χ4n) is 2.47. The largest absolute Gasteiger partial charge is 0.458 e. The maximum Gasteiger partial charge on any atom is 0.138 e. The molecule has 0 amide bonds. The molecule has 5 nitrogen and oxygen atoms in total. The summed E-state index contributed by atoms with van der Waals surface area (Å²) < 4.78 is 7.54. The van der Waals surface area contributed by atoms with E-state index in [1.807, 2.05) is 49.7 Å². The summed E-state index contributed by atoms with van der Waals surface area (Å²) in [4.78, 5) is 4.22. The van der Waals surface area contributed by atoms with E-state index in [2.05, 4.69) is 10.1 Å². The van der Waals surface area contributed by atoms with E-state index in [-0.39, 0.29) is 6.04 Å². The van der Waals surface area contributed by atoms with E-state index >= 15 is 0 Å². The van der Waals surface area contributed by atoms with E-state index in [1.54, 1.807) is 0 Å². The van der Waals surface area contributed by atoms with Gasteiger partial charge >= 0.3 is 0 Å². The third-order valence-electron chi connectivity index (χ3n) is 3.53. The molecule has 0 fully saturated rings. The van der Waals surface area contributed by atoms with E-state index in [4.69, 9.17) is 4.42 Å². The molecule has 0 aliphatic heterocycles. The van der Waals surface area contributed by atoms with E-state index in [1.165, 1.54) is 11.9 Å². The quantitative estimate of drug-likeness (QED) is 0.799. The molecule has 2 heterocycles. The first kappa shape index (κ1) is 13.8. The van der Waals surface area contributed by atoms with Gasteiger partial charge in [-0.2, -0.15) is 5.10 Å². The third kappa shape index (κ3) is 2.69. The van der Waals surface area contributed by atoms with Gasteiger partial charge in [0.25, 0.3) is 0 Å². The Kier molecular flexibility index (Phi) is 3.51. The average Bonchev–Trinajstić information content (AvgIpc) is 3.04. The monoisotopic (exact) mass is 285 g/mol. The van der Waals surface area contributed by atoms with Gasteiger partial charge < -0.3 is 9.52 Å². The second-order valence-corrected chi connectivity index (χ2v) is 5.62. The number of hydrogen-bond acceptors (Lipinski definition) is 4. The van der Waals surface area contributed by atoms with Gasteiger partial charge in [0.1, 0.15) is 29.6 Å². The predicted octanol–water partition coefficient (Wildman–Crippen LogP) is 3.19. The molecule has 0 spiro atoms. The summed E-state index contributed by atoms with van der Waals surface area (Å²) in [7, 11) is 0. The molecule has 0 radical (unpaired) electrons. The van der Waals surface area contributed by atoms with Gasteiger partial charge in [-0.3, -0.25) is 0 Å². The van der Waals surface area contributed by atoms with Crippen molar-refractivity contribution in [1.29, 1.82) is 0 Å². The van der Waals surface area contributed by atoms with Gasteiger partial charge in [0.15, 0.2) is 0 Å². The van der Waals surface area contributed by atoms with Crippen LogP contribution < -0.4 is 0 Å². The first-order valence-electron chi connectivity index (χ1n) is 7.11. The topological polar surface area (TPSA) is 64.1 Å². The summed E-state index contributed by atoms with van der Waals surface area (Å²) in [6.45, 7) is 6.11. The highest BCUT2D eigenvalue weighted by Crippen LogP contribution is 2.26. The van der Waals surface area contributed by atoms with E-state index in [0.717, 1.165) is 16.8 Å². The van der Waals surface area contributed by atoms with Crippen molar-refractivity contribution in [1.82, 2.24) is 14.8 Å². The van der Waals surface area contributed by atoms with Crippen molar-refractivity contribution in [3.8, 4) is 0 Å². The number of furan rings is 1. The van der Waals surface area contributed by atoms with Crippen molar-refractivity contribution >= 4 is 11.0 Å². The highest BCUT2D eigenvalue weighted by atomic mass is 16.4. The summed E-state index contributed by atoms with van der Waals surface area (Å²) in [5.41, 5.74) is 1.96. The van der Waals surface area contributed by atoms with Crippen molar-refractivity contribution in [2.45, 2.75) is 39.3 Å². The Hall–Kier alpha value is -2.14. The van der Waals surface area contributed by atoms with E-state index in [9.17, 15) is 5.11 Å². The zero-order valence-electron chi connectivity index (χ0n) is 12.4. The normalized spacial score (nSPS) is 13.2. The molecule has 0 saturated heterocycles. The average molecular weight is 285 g/mol. The maximum absolute atomic E-state index is 10.4. The summed E-state index contributed by atoms with van der Waals surface area (Å²) in [6, 6.07) is 8.08. The fourth-order valence-corrected chi connectivity index (χ4v) is 2.47. The first-order valence-corrected chi connectivity index (χ1v) is 7.11. The molecule has 3 aromatic rings. The standard InChI is InChI=1S/C16H19N3O2/c1-10(2)19-16(17-9-18-19)8-13(20)15-7-12-6-11(3)4-5-14(12)21-15/h4-7,9-10,13,20H,8H2,1-3H3. The van der Waals surface area contributed by atoms with Gasteiger partial charge in [-0.15, -0.1) is 0 Å². The van der Waals surface area contributed by atoms with Crippen LogP contribution in [0, 0.1) is 6.92 Å². The molecule has 1 N–H and O–H groups in total. The van der Waals surface area contributed by atoms with Gasteiger partial charge in [-0.05, 0) is 39.0 Å². The number of rotatable bonds is 4. The Morgan fingerprint density at radius 1 is 1.29 bits per heavy atom. The minimum Gasteiger partial charge on any atom is -0.458 e.